The van der Waals surface area contributed by atoms with E-state index in [0.717, 1.165) is 25.1 Å². The van der Waals surface area contributed by atoms with E-state index in [-0.39, 0.29) is 11.3 Å². The summed E-state index contributed by atoms with van der Waals surface area (Å²) in [6.45, 7) is 16.5. The molecule has 0 saturated heterocycles. The summed E-state index contributed by atoms with van der Waals surface area (Å²) in [6.07, 6.45) is 2.79. The molecule has 0 spiro atoms. The van der Waals surface area contributed by atoms with Crippen LogP contribution in [0.1, 0.15) is 84.9 Å². The minimum absolute atomic E-state index is 0.285. The van der Waals surface area contributed by atoms with Crippen molar-refractivity contribution >= 4 is 26.0 Å². The maximum Gasteiger partial charge on any atom is 0.130 e. The lowest BCUT2D eigenvalue weighted by atomic mass is 9.84. The first-order valence-electron chi connectivity index (χ1n) is 15.5. The zero-order chi connectivity index (χ0) is 30.4. The Hall–Kier alpha value is -3.16. The molecule has 42 heavy (non-hydrogen) atoms. The highest BCUT2D eigenvalue weighted by atomic mass is 31.0. The summed E-state index contributed by atoms with van der Waals surface area (Å²) >= 11 is 0. The lowest BCUT2D eigenvalue weighted by molar-refractivity contribution is -0.117. The molecule has 3 aromatic carbocycles. The van der Waals surface area contributed by atoms with Crippen molar-refractivity contribution < 1.29 is 4.79 Å². The average Bonchev–Trinajstić information content (AvgIpc) is 3.29. The molecule has 1 N–H and O–H groups in total. The summed E-state index contributed by atoms with van der Waals surface area (Å²) in [5, 5.41) is 5.08. The highest BCUT2D eigenvalue weighted by Crippen LogP contribution is 2.47. The molecule has 0 aliphatic heterocycles. The number of ketones is 1. The second-order valence-corrected chi connectivity index (χ2v) is 13.7. The molecule has 4 heteroatoms. The van der Waals surface area contributed by atoms with Gasteiger partial charge in [0.15, 0.2) is 0 Å². The predicted molar refractivity (Wildman–Crippen MR) is 185 cm³/mol. The molecule has 0 saturated carbocycles. The Kier molecular flexibility index (Phi) is 10.5. The number of benzene rings is 3. The van der Waals surface area contributed by atoms with E-state index in [2.05, 4.69) is 146 Å². The number of Topliss-reactive ketones (excluding diaryl/α,β-unsaturated/α-hetero) is 1. The van der Waals surface area contributed by atoms with Gasteiger partial charge >= 0.3 is 0 Å². The Morgan fingerprint density at radius 1 is 0.833 bits per heavy atom. The van der Waals surface area contributed by atoms with Gasteiger partial charge in [-0.3, -0.25) is 0 Å². The van der Waals surface area contributed by atoms with E-state index in [0.29, 0.717) is 24.2 Å². The molecule has 0 radical (unpaired) electrons. The number of hydrogen-bond donors (Lipinski definition) is 1. The largest absolute Gasteiger partial charge is 0.376 e. The Balaban J connectivity index is 1.93. The third-order valence-corrected chi connectivity index (χ3v) is 8.62. The zero-order valence-electron chi connectivity index (χ0n) is 26.6. The lowest BCUT2D eigenvalue weighted by Crippen LogP contribution is -2.30. The first-order valence-corrected chi connectivity index (χ1v) is 16.1. The lowest BCUT2D eigenvalue weighted by Gasteiger charge is -2.31. The summed E-state index contributed by atoms with van der Waals surface area (Å²) in [7, 11) is 2.82. The van der Waals surface area contributed by atoms with Crippen molar-refractivity contribution in [3.8, 4) is 22.4 Å². The highest BCUT2D eigenvalue weighted by Gasteiger charge is 2.35. The molecule has 0 aliphatic rings. The smallest absolute Gasteiger partial charge is 0.130 e. The van der Waals surface area contributed by atoms with Crippen LogP contribution in [0.25, 0.3) is 22.4 Å². The Labute approximate surface area is 256 Å². The third-order valence-electron chi connectivity index (χ3n) is 8.24. The molecule has 0 aliphatic carbocycles. The average molecular weight is 581 g/mol. The molecule has 1 aromatic heterocycles. The molecule has 1 unspecified atom stereocenters. The van der Waals surface area contributed by atoms with Crippen LogP contribution in [-0.4, -0.2) is 10.4 Å². The van der Waals surface area contributed by atoms with E-state index in [1.807, 2.05) is 0 Å². The Bertz CT molecular complexity index is 1450. The van der Waals surface area contributed by atoms with Crippen molar-refractivity contribution in [2.75, 3.05) is 5.32 Å². The maximum absolute atomic E-state index is 11.7. The van der Waals surface area contributed by atoms with Crippen LogP contribution in [0, 0.1) is 11.8 Å². The van der Waals surface area contributed by atoms with E-state index >= 15 is 0 Å². The summed E-state index contributed by atoms with van der Waals surface area (Å²) in [5.41, 5.74) is 8.59. The number of carbonyl (C=O) groups is 1. The first kappa shape index (κ1) is 31.8. The molecule has 1 heterocycles. The van der Waals surface area contributed by atoms with Gasteiger partial charge in [0, 0.05) is 35.5 Å². The number of para-hydroxylation sites is 1. The van der Waals surface area contributed by atoms with Gasteiger partial charge in [0.25, 0.3) is 0 Å². The molecule has 222 valence electrons. The maximum atomic E-state index is 11.7. The first-order chi connectivity index (χ1) is 20.0. The molecular formula is C38H49N2OP. The second-order valence-electron chi connectivity index (χ2n) is 13.0. The molecule has 0 amide bonds. The fraction of sp³-hybridized carbons (Fsp3) is 0.395. The minimum Gasteiger partial charge on any atom is -0.376 e. The number of aromatic nitrogens is 1. The molecule has 4 aromatic rings. The van der Waals surface area contributed by atoms with Crippen molar-refractivity contribution in [2.24, 2.45) is 11.8 Å². The number of hydrogen-bond acceptors (Lipinski definition) is 2. The van der Waals surface area contributed by atoms with Crippen molar-refractivity contribution in [2.45, 2.75) is 85.7 Å². The van der Waals surface area contributed by atoms with Gasteiger partial charge in [0.1, 0.15) is 5.78 Å². The van der Waals surface area contributed by atoms with Crippen LogP contribution in [0.3, 0.4) is 0 Å². The summed E-state index contributed by atoms with van der Waals surface area (Å²) < 4.78 is 2.63. The SMILES string of the molecule is CC(=O)C[C@H](C)C[C@H](C)CCn1c(-c2ccc(P)cc2)c(-c2ccccc2)c(C(C)(C)Nc2ccccc2)c1C(C)C. The second kappa shape index (κ2) is 13.9. The number of nitrogens with zero attached hydrogens (tertiary/aromatic N) is 1. The van der Waals surface area contributed by atoms with Crippen LogP contribution in [0.15, 0.2) is 84.9 Å². The van der Waals surface area contributed by atoms with Crippen LogP contribution < -0.4 is 10.6 Å². The van der Waals surface area contributed by atoms with Gasteiger partial charge in [-0.2, -0.15) is 0 Å². The van der Waals surface area contributed by atoms with Crippen LogP contribution in [-0.2, 0) is 16.9 Å². The minimum atomic E-state index is -0.339. The zero-order valence-corrected chi connectivity index (χ0v) is 27.7. The number of rotatable bonds is 13. The van der Waals surface area contributed by atoms with Gasteiger partial charge in [0.2, 0.25) is 0 Å². The van der Waals surface area contributed by atoms with E-state index in [9.17, 15) is 4.79 Å². The summed E-state index contributed by atoms with van der Waals surface area (Å²) in [4.78, 5) is 11.7. The van der Waals surface area contributed by atoms with Crippen LogP contribution in [0.2, 0.25) is 0 Å². The van der Waals surface area contributed by atoms with Crippen molar-refractivity contribution in [3.63, 3.8) is 0 Å². The summed E-state index contributed by atoms with van der Waals surface area (Å²) in [5.74, 6) is 1.53. The van der Waals surface area contributed by atoms with E-state index < -0.39 is 0 Å². The van der Waals surface area contributed by atoms with Gasteiger partial charge < -0.3 is 14.7 Å². The van der Waals surface area contributed by atoms with Crippen LogP contribution in [0.4, 0.5) is 5.69 Å². The standard InChI is InChI=1S/C38H49N2OP/c1-26(2)36-35(38(6,7)39-32-16-12-9-13-17-32)34(30-14-10-8-11-15-30)37(31-18-20-33(42)21-19-31)40(36)23-22-27(3)24-28(4)25-29(5)41/h8-21,26-28,39H,22-25,42H2,1-7H3/t27-,28-/m1/s1. The molecular weight excluding hydrogens is 531 g/mol. The Morgan fingerprint density at radius 3 is 2.00 bits per heavy atom. The van der Waals surface area contributed by atoms with Gasteiger partial charge in [-0.15, -0.1) is 9.24 Å². The van der Waals surface area contributed by atoms with Gasteiger partial charge in [0.05, 0.1) is 11.2 Å². The van der Waals surface area contributed by atoms with E-state index in [1.54, 1.807) is 6.92 Å². The normalized spacial score (nSPS) is 13.3. The van der Waals surface area contributed by atoms with Crippen LogP contribution >= 0.6 is 9.24 Å². The predicted octanol–water partition coefficient (Wildman–Crippen LogP) is 9.82. The Morgan fingerprint density at radius 2 is 1.43 bits per heavy atom. The van der Waals surface area contributed by atoms with Crippen molar-refractivity contribution in [1.82, 2.24) is 4.57 Å². The summed E-state index contributed by atoms with van der Waals surface area (Å²) in [6, 6.07) is 30.4. The highest BCUT2D eigenvalue weighted by molar-refractivity contribution is 7.27. The van der Waals surface area contributed by atoms with Gasteiger partial charge in [-0.25, -0.2) is 0 Å². The molecule has 4 rings (SSSR count). The monoisotopic (exact) mass is 580 g/mol. The van der Waals surface area contributed by atoms with Crippen molar-refractivity contribution in [3.05, 3.63) is 96.2 Å². The number of nitrogens with one attached hydrogen (secondary N) is 1. The number of carbonyl (C=O) groups excluding carboxylic acids is 1. The topological polar surface area (TPSA) is 34.0 Å². The molecule has 3 atom stereocenters. The van der Waals surface area contributed by atoms with Crippen LogP contribution in [0.5, 0.6) is 0 Å². The van der Waals surface area contributed by atoms with Gasteiger partial charge in [-0.05, 0) is 79.9 Å². The van der Waals surface area contributed by atoms with Gasteiger partial charge in [-0.1, -0.05) is 100 Å². The fourth-order valence-electron chi connectivity index (χ4n) is 6.60. The molecule has 0 fully saturated rings. The van der Waals surface area contributed by atoms with E-state index in [1.165, 1.54) is 38.9 Å². The fourth-order valence-corrected chi connectivity index (χ4v) is 6.79. The third kappa shape index (κ3) is 7.61. The van der Waals surface area contributed by atoms with Crippen molar-refractivity contribution in [1.29, 1.82) is 0 Å². The van der Waals surface area contributed by atoms with E-state index in [4.69, 9.17) is 0 Å². The molecule has 3 nitrogen and oxygen atoms in total. The quantitative estimate of drug-likeness (QED) is 0.160. The number of anilines is 1. The molecule has 0 bridgehead atoms.